The first kappa shape index (κ1) is 17.4. The average Bonchev–Trinajstić information content (AvgIpc) is 3.11. The Balaban J connectivity index is 1.79. The number of rotatable bonds is 3. The van der Waals surface area contributed by atoms with Crippen LogP contribution in [0.5, 0.6) is 0 Å². The van der Waals surface area contributed by atoms with E-state index in [4.69, 9.17) is 23.2 Å². The molecule has 0 saturated carbocycles. The summed E-state index contributed by atoms with van der Waals surface area (Å²) in [6, 6.07) is 8.11. The van der Waals surface area contributed by atoms with Gasteiger partial charge in [0.25, 0.3) is 5.91 Å². The summed E-state index contributed by atoms with van der Waals surface area (Å²) in [7, 11) is 0. The van der Waals surface area contributed by atoms with Gasteiger partial charge >= 0.3 is 0 Å². The Morgan fingerprint density at radius 3 is 2.85 bits per heavy atom. The summed E-state index contributed by atoms with van der Waals surface area (Å²) in [5.74, 6) is 0.131. The van der Waals surface area contributed by atoms with Gasteiger partial charge in [-0.05, 0) is 47.2 Å². The highest BCUT2D eigenvalue weighted by Crippen LogP contribution is 2.36. The Morgan fingerprint density at radius 1 is 1.26 bits per heavy atom. The van der Waals surface area contributed by atoms with Crippen molar-refractivity contribution in [2.75, 3.05) is 10.6 Å². The Morgan fingerprint density at radius 2 is 2.11 bits per heavy atom. The zero-order chi connectivity index (χ0) is 19.0. The van der Waals surface area contributed by atoms with Gasteiger partial charge in [-0.1, -0.05) is 34.4 Å². The quantitative estimate of drug-likeness (QED) is 0.698. The van der Waals surface area contributed by atoms with Gasteiger partial charge < -0.3 is 10.6 Å². The number of fused-ring (bicyclic) bond motifs is 1. The molecule has 0 saturated heterocycles. The van der Waals surface area contributed by atoms with Crippen LogP contribution in [0.3, 0.4) is 0 Å². The molecule has 10 heteroatoms. The fourth-order valence-electron chi connectivity index (χ4n) is 2.93. The molecule has 2 aromatic heterocycles. The number of amides is 1. The molecule has 0 aliphatic carbocycles. The van der Waals surface area contributed by atoms with Crippen molar-refractivity contribution in [3.63, 3.8) is 0 Å². The highest BCUT2D eigenvalue weighted by molar-refractivity contribution is 6.42. The highest BCUT2D eigenvalue weighted by Gasteiger charge is 2.34. The Hall–Kier alpha value is -2.97. The van der Waals surface area contributed by atoms with E-state index in [0.29, 0.717) is 33.0 Å². The van der Waals surface area contributed by atoms with Crippen molar-refractivity contribution >= 4 is 40.7 Å². The first-order valence-electron chi connectivity index (χ1n) is 7.96. The van der Waals surface area contributed by atoms with Crippen LogP contribution in [0.25, 0.3) is 0 Å². The molecule has 0 radical (unpaired) electrons. The lowest BCUT2D eigenvalue weighted by molar-refractivity contribution is -0.113. The molecule has 1 atom stereocenters. The Kier molecular flexibility index (Phi) is 4.51. The third-order valence-electron chi connectivity index (χ3n) is 4.14. The van der Waals surface area contributed by atoms with Crippen LogP contribution in [0.2, 0.25) is 10.0 Å². The molecular formula is C17H13Cl2N7O. The minimum absolute atomic E-state index is 0.301. The monoisotopic (exact) mass is 401 g/mol. The predicted octanol–water partition coefficient (Wildman–Crippen LogP) is 3.30. The van der Waals surface area contributed by atoms with Crippen molar-refractivity contribution in [1.82, 2.24) is 25.2 Å². The maximum absolute atomic E-state index is 13.1. The van der Waals surface area contributed by atoms with Gasteiger partial charge in [-0.2, -0.15) is 4.68 Å². The van der Waals surface area contributed by atoms with Crippen molar-refractivity contribution in [3.8, 4) is 0 Å². The van der Waals surface area contributed by atoms with Crippen LogP contribution in [0.15, 0.2) is 54.0 Å². The number of hydrogen-bond donors (Lipinski definition) is 2. The number of allylic oxidation sites excluding steroid dienone is 1. The minimum Gasteiger partial charge on any atom is -0.326 e. The number of carbonyl (C=O) groups excluding carboxylic acids is 1. The molecule has 2 N–H and O–H groups in total. The average molecular weight is 402 g/mol. The van der Waals surface area contributed by atoms with Gasteiger partial charge in [-0.3, -0.25) is 9.78 Å². The van der Waals surface area contributed by atoms with E-state index >= 15 is 0 Å². The number of benzene rings is 1. The van der Waals surface area contributed by atoms with Crippen LogP contribution in [-0.2, 0) is 4.79 Å². The predicted molar refractivity (Wildman–Crippen MR) is 102 cm³/mol. The van der Waals surface area contributed by atoms with E-state index in [1.807, 2.05) is 0 Å². The van der Waals surface area contributed by atoms with Crippen LogP contribution < -0.4 is 10.6 Å². The number of tetrazole rings is 1. The van der Waals surface area contributed by atoms with Crippen molar-refractivity contribution in [3.05, 3.63) is 69.6 Å². The molecule has 1 aromatic carbocycles. The Bertz CT molecular complexity index is 1050. The number of hydrogen-bond acceptors (Lipinski definition) is 6. The van der Waals surface area contributed by atoms with Crippen LogP contribution in [0, 0.1) is 0 Å². The molecule has 3 aromatic rings. The van der Waals surface area contributed by atoms with Crippen molar-refractivity contribution in [2.24, 2.45) is 0 Å². The van der Waals surface area contributed by atoms with E-state index in [-0.39, 0.29) is 5.91 Å². The number of nitrogens with zero attached hydrogens (tertiary/aromatic N) is 5. The van der Waals surface area contributed by atoms with Crippen LogP contribution in [0.4, 0.5) is 11.6 Å². The van der Waals surface area contributed by atoms with Gasteiger partial charge in [0.2, 0.25) is 5.95 Å². The first-order valence-corrected chi connectivity index (χ1v) is 8.72. The summed E-state index contributed by atoms with van der Waals surface area (Å²) in [6.45, 7) is 1.79. The van der Waals surface area contributed by atoms with E-state index in [9.17, 15) is 4.79 Å². The molecule has 136 valence electrons. The topological polar surface area (TPSA) is 97.6 Å². The molecule has 3 heterocycles. The van der Waals surface area contributed by atoms with Gasteiger partial charge in [0.05, 0.1) is 27.5 Å². The van der Waals surface area contributed by atoms with E-state index in [1.54, 1.807) is 49.6 Å². The van der Waals surface area contributed by atoms with Crippen molar-refractivity contribution in [1.29, 1.82) is 0 Å². The minimum atomic E-state index is -0.567. The zero-order valence-corrected chi connectivity index (χ0v) is 15.5. The number of carbonyl (C=O) groups is 1. The van der Waals surface area contributed by atoms with Crippen LogP contribution in [0.1, 0.15) is 18.5 Å². The fraction of sp³-hybridized carbons (Fsp3) is 0.118. The van der Waals surface area contributed by atoms with Gasteiger partial charge in [0.1, 0.15) is 6.04 Å². The highest BCUT2D eigenvalue weighted by atomic mass is 35.5. The molecule has 1 aliphatic heterocycles. The maximum Gasteiger partial charge on any atom is 0.255 e. The normalized spacial score (nSPS) is 15.9. The SMILES string of the molecule is CC1=C(C(=O)Nc2cccnc2)[C@@H](c2ccc(Cl)c(Cl)c2)n2nnnc2N1. The summed E-state index contributed by atoms with van der Waals surface area (Å²) in [5.41, 5.74) is 2.40. The molecule has 0 spiro atoms. The van der Waals surface area contributed by atoms with Gasteiger partial charge in [0, 0.05) is 11.9 Å². The molecule has 0 unspecified atom stereocenters. The molecule has 4 rings (SSSR count). The second kappa shape index (κ2) is 6.98. The molecular weight excluding hydrogens is 389 g/mol. The number of halogens is 2. The van der Waals surface area contributed by atoms with Gasteiger partial charge in [-0.15, -0.1) is 0 Å². The molecule has 27 heavy (non-hydrogen) atoms. The van der Waals surface area contributed by atoms with Crippen LogP contribution >= 0.6 is 23.2 Å². The summed E-state index contributed by atoms with van der Waals surface area (Å²) in [5, 5.41) is 18.4. The standard InChI is InChI=1S/C17H13Cl2N7O/c1-9-14(16(27)22-11-3-2-6-20-8-11)15(26-17(21-9)23-24-25-26)10-4-5-12(18)13(19)7-10/h2-8,15H,1H3,(H,22,27)(H,21,23,25)/t15-/m1/s1. The number of aromatic nitrogens is 5. The number of nitrogens with one attached hydrogen (secondary N) is 2. The van der Waals surface area contributed by atoms with E-state index in [2.05, 4.69) is 31.1 Å². The van der Waals surface area contributed by atoms with E-state index in [1.165, 1.54) is 4.68 Å². The van der Waals surface area contributed by atoms with Gasteiger partial charge in [-0.25, -0.2) is 0 Å². The lowest BCUT2D eigenvalue weighted by Crippen LogP contribution is -2.31. The number of anilines is 2. The van der Waals surface area contributed by atoms with Crippen molar-refractivity contribution in [2.45, 2.75) is 13.0 Å². The second-order valence-corrected chi connectivity index (χ2v) is 6.70. The third kappa shape index (κ3) is 3.24. The maximum atomic E-state index is 13.1. The fourth-order valence-corrected chi connectivity index (χ4v) is 3.24. The summed E-state index contributed by atoms with van der Waals surface area (Å²) < 4.78 is 1.53. The van der Waals surface area contributed by atoms with Crippen LogP contribution in [-0.4, -0.2) is 31.1 Å². The first-order chi connectivity index (χ1) is 13.0. The van der Waals surface area contributed by atoms with E-state index in [0.717, 1.165) is 5.56 Å². The molecule has 8 nitrogen and oxygen atoms in total. The molecule has 1 amide bonds. The third-order valence-corrected chi connectivity index (χ3v) is 4.88. The zero-order valence-electron chi connectivity index (χ0n) is 14.0. The Labute approximate surface area is 164 Å². The largest absolute Gasteiger partial charge is 0.326 e. The lowest BCUT2D eigenvalue weighted by Gasteiger charge is -2.28. The number of pyridine rings is 1. The van der Waals surface area contributed by atoms with Gasteiger partial charge in [0.15, 0.2) is 0 Å². The molecule has 1 aliphatic rings. The van der Waals surface area contributed by atoms with E-state index < -0.39 is 6.04 Å². The summed E-state index contributed by atoms with van der Waals surface area (Å²) >= 11 is 12.2. The van der Waals surface area contributed by atoms with Crippen molar-refractivity contribution < 1.29 is 4.79 Å². The summed E-state index contributed by atoms with van der Waals surface area (Å²) in [6.07, 6.45) is 3.20. The smallest absolute Gasteiger partial charge is 0.255 e. The molecule has 0 fully saturated rings. The molecule has 0 bridgehead atoms. The summed E-state index contributed by atoms with van der Waals surface area (Å²) in [4.78, 5) is 17.1. The second-order valence-electron chi connectivity index (χ2n) is 5.88. The lowest BCUT2D eigenvalue weighted by atomic mass is 9.95.